The number of allylic oxidation sites excluding steroid dienone is 4. The summed E-state index contributed by atoms with van der Waals surface area (Å²) in [6.07, 6.45) is 6.67. The van der Waals surface area contributed by atoms with Crippen molar-refractivity contribution < 1.29 is 0 Å². The highest BCUT2D eigenvalue weighted by Gasteiger charge is 2.04. The first kappa shape index (κ1) is 13.3. The van der Waals surface area contributed by atoms with E-state index in [-0.39, 0.29) is 0 Å². The summed E-state index contributed by atoms with van der Waals surface area (Å²) in [5.74, 6) is 0. The summed E-state index contributed by atoms with van der Waals surface area (Å²) in [6.45, 7) is 1.84. The first-order valence-corrected chi connectivity index (χ1v) is 5.33. The Morgan fingerprint density at radius 1 is 1.44 bits per heavy atom. The van der Waals surface area contributed by atoms with Crippen molar-refractivity contribution in [3.63, 3.8) is 0 Å². The summed E-state index contributed by atoms with van der Waals surface area (Å²) in [4.78, 5) is 8.23. The molecule has 88 valence electrons. The minimum atomic E-state index is 0.488. The van der Waals surface area contributed by atoms with Gasteiger partial charge in [-0.15, -0.1) is 0 Å². The zero-order valence-corrected chi connectivity index (χ0v) is 10.3. The van der Waals surface area contributed by atoms with Gasteiger partial charge in [0.1, 0.15) is 0 Å². The van der Waals surface area contributed by atoms with E-state index in [0.717, 1.165) is 0 Å². The average Bonchev–Trinajstić information content (AvgIpc) is 2.43. The number of aliphatic imine (C=N–C) groups is 1. The molecule has 0 unspecified atom stereocenters. The molecule has 1 aromatic heterocycles. The summed E-state index contributed by atoms with van der Waals surface area (Å²) in [6, 6.07) is 7.38. The second-order valence-corrected chi connectivity index (χ2v) is 3.36. The molecule has 4 nitrogen and oxygen atoms in total. The molecule has 18 heavy (non-hydrogen) atoms. The van der Waals surface area contributed by atoms with E-state index in [1.807, 2.05) is 13.0 Å². The molecule has 0 aliphatic rings. The number of hydrogen-bond acceptors (Lipinski definition) is 4. The van der Waals surface area contributed by atoms with E-state index in [4.69, 9.17) is 10.5 Å². The molecule has 4 heteroatoms. The van der Waals surface area contributed by atoms with Crippen LogP contribution < -0.4 is 0 Å². The SMILES string of the molecule is C\C=C/C(C#N)=C\C(=N\C)c1cc(C#N)ccn1. The third kappa shape index (κ3) is 3.40. The molecule has 1 rings (SSSR count). The molecular formula is C14H12N4. The lowest BCUT2D eigenvalue weighted by Gasteiger charge is -2.00. The molecule has 0 amide bonds. The quantitative estimate of drug-likeness (QED) is 0.459. The maximum Gasteiger partial charge on any atom is 0.0992 e. The van der Waals surface area contributed by atoms with Crippen molar-refractivity contribution in [3.8, 4) is 12.1 Å². The van der Waals surface area contributed by atoms with Crippen molar-refractivity contribution >= 4 is 5.71 Å². The lowest BCUT2D eigenvalue weighted by Crippen LogP contribution is -2.01. The standard InChI is InChI=1S/C14H12N4/c1-3-4-11(9-15)7-13(17-2)14-8-12(10-16)5-6-18-14/h3-8H,1-2H3/b4-3-,11-7+,17-13-. The molecule has 0 saturated carbocycles. The van der Waals surface area contributed by atoms with Crippen molar-refractivity contribution in [3.05, 3.63) is 53.4 Å². The van der Waals surface area contributed by atoms with Crippen LogP contribution in [0.4, 0.5) is 0 Å². The fourth-order valence-corrected chi connectivity index (χ4v) is 1.34. The number of hydrogen-bond donors (Lipinski definition) is 0. The molecule has 0 spiro atoms. The highest BCUT2D eigenvalue weighted by molar-refractivity contribution is 6.08. The molecule has 0 N–H and O–H groups in total. The van der Waals surface area contributed by atoms with E-state index in [2.05, 4.69) is 16.0 Å². The van der Waals surface area contributed by atoms with E-state index in [1.54, 1.807) is 43.6 Å². The minimum absolute atomic E-state index is 0.488. The molecule has 0 saturated heterocycles. The Morgan fingerprint density at radius 2 is 2.22 bits per heavy atom. The Morgan fingerprint density at radius 3 is 2.78 bits per heavy atom. The van der Waals surface area contributed by atoms with Gasteiger partial charge in [-0.3, -0.25) is 9.98 Å². The Balaban J connectivity index is 3.20. The molecule has 0 aliphatic carbocycles. The Hall–Kier alpha value is -2.72. The predicted octanol–water partition coefficient (Wildman–Crippen LogP) is 2.40. The van der Waals surface area contributed by atoms with Crippen molar-refractivity contribution in [2.75, 3.05) is 7.05 Å². The zero-order valence-electron chi connectivity index (χ0n) is 10.3. The molecule has 0 aliphatic heterocycles. The lowest BCUT2D eigenvalue weighted by atomic mass is 10.1. The van der Waals surface area contributed by atoms with Gasteiger partial charge in [-0.2, -0.15) is 10.5 Å². The molecule has 1 heterocycles. The van der Waals surface area contributed by atoms with Crippen LogP contribution in [0, 0.1) is 22.7 Å². The van der Waals surface area contributed by atoms with Crippen LogP contribution in [0.2, 0.25) is 0 Å². The van der Waals surface area contributed by atoms with Crippen molar-refractivity contribution in [2.24, 2.45) is 4.99 Å². The minimum Gasteiger partial charge on any atom is -0.286 e. The lowest BCUT2D eigenvalue weighted by molar-refractivity contribution is 1.26. The maximum absolute atomic E-state index is 8.95. The molecule has 0 fully saturated rings. The van der Waals surface area contributed by atoms with E-state index in [9.17, 15) is 0 Å². The van der Waals surface area contributed by atoms with Gasteiger partial charge in [-0.25, -0.2) is 0 Å². The first-order chi connectivity index (χ1) is 8.74. The van der Waals surface area contributed by atoms with Crippen LogP contribution >= 0.6 is 0 Å². The summed E-state index contributed by atoms with van der Waals surface area (Å²) >= 11 is 0. The van der Waals surface area contributed by atoms with Gasteiger partial charge >= 0.3 is 0 Å². The van der Waals surface area contributed by atoms with Crippen LogP contribution in [0.25, 0.3) is 0 Å². The van der Waals surface area contributed by atoms with Crippen molar-refractivity contribution in [1.29, 1.82) is 10.5 Å². The smallest absolute Gasteiger partial charge is 0.0992 e. The van der Waals surface area contributed by atoms with Gasteiger partial charge in [-0.1, -0.05) is 6.08 Å². The second-order valence-electron chi connectivity index (χ2n) is 3.36. The van der Waals surface area contributed by atoms with Crippen LogP contribution in [0.1, 0.15) is 18.2 Å². The first-order valence-electron chi connectivity index (χ1n) is 5.33. The third-order valence-corrected chi connectivity index (χ3v) is 2.16. The van der Waals surface area contributed by atoms with Crippen LogP contribution in [0.5, 0.6) is 0 Å². The molecule has 0 atom stereocenters. The topological polar surface area (TPSA) is 72.8 Å². The van der Waals surface area contributed by atoms with E-state index in [0.29, 0.717) is 22.5 Å². The summed E-state index contributed by atoms with van der Waals surface area (Å²) in [5.41, 5.74) is 2.15. The number of aromatic nitrogens is 1. The molecule has 1 aromatic rings. The Bertz CT molecular complexity index is 595. The average molecular weight is 236 g/mol. The van der Waals surface area contributed by atoms with E-state index < -0.39 is 0 Å². The Labute approximate surface area is 106 Å². The summed E-state index contributed by atoms with van der Waals surface area (Å²) in [5, 5.41) is 17.8. The van der Waals surface area contributed by atoms with Crippen LogP contribution in [0.15, 0.2) is 47.1 Å². The fourth-order valence-electron chi connectivity index (χ4n) is 1.34. The number of nitrogens with zero attached hydrogens (tertiary/aromatic N) is 4. The van der Waals surface area contributed by atoms with Crippen LogP contribution in [-0.2, 0) is 0 Å². The predicted molar refractivity (Wildman–Crippen MR) is 69.9 cm³/mol. The zero-order chi connectivity index (χ0) is 13.4. The van der Waals surface area contributed by atoms with Crippen molar-refractivity contribution in [1.82, 2.24) is 4.98 Å². The normalized spacial score (nSPS) is 12.2. The van der Waals surface area contributed by atoms with Gasteiger partial charge < -0.3 is 0 Å². The largest absolute Gasteiger partial charge is 0.286 e. The van der Waals surface area contributed by atoms with Gasteiger partial charge in [0.25, 0.3) is 0 Å². The summed E-state index contributed by atoms with van der Waals surface area (Å²) in [7, 11) is 1.62. The highest BCUT2D eigenvalue weighted by atomic mass is 14.8. The maximum atomic E-state index is 8.95. The Kier molecular flexibility index (Phi) is 5.02. The van der Waals surface area contributed by atoms with Gasteiger partial charge in [-0.05, 0) is 31.2 Å². The van der Waals surface area contributed by atoms with E-state index in [1.165, 1.54) is 0 Å². The number of pyridine rings is 1. The monoisotopic (exact) mass is 236 g/mol. The summed E-state index contributed by atoms with van der Waals surface area (Å²) < 4.78 is 0. The number of rotatable bonds is 3. The fraction of sp³-hybridized carbons (Fsp3) is 0.143. The van der Waals surface area contributed by atoms with Crippen LogP contribution in [-0.4, -0.2) is 17.7 Å². The van der Waals surface area contributed by atoms with Gasteiger partial charge in [0.05, 0.1) is 34.7 Å². The third-order valence-electron chi connectivity index (χ3n) is 2.16. The van der Waals surface area contributed by atoms with E-state index >= 15 is 0 Å². The molecule has 0 bridgehead atoms. The van der Waals surface area contributed by atoms with Crippen molar-refractivity contribution in [2.45, 2.75) is 6.92 Å². The van der Waals surface area contributed by atoms with Gasteiger partial charge in [0.15, 0.2) is 0 Å². The molecule has 0 aromatic carbocycles. The molecule has 0 radical (unpaired) electrons. The van der Waals surface area contributed by atoms with Gasteiger partial charge in [0, 0.05) is 13.2 Å². The number of nitriles is 2. The molecular weight excluding hydrogens is 224 g/mol. The highest BCUT2D eigenvalue weighted by Crippen LogP contribution is 2.06. The van der Waals surface area contributed by atoms with Gasteiger partial charge in [0.2, 0.25) is 0 Å². The second kappa shape index (κ2) is 6.78. The van der Waals surface area contributed by atoms with Crippen LogP contribution in [0.3, 0.4) is 0 Å².